The number of thiol groups is 1. The van der Waals surface area contributed by atoms with E-state index >= 15 is 0 Å². The van der Waals surface area contributed by atoms with E-state index in [1.165, 1.54) is 37.6 Å². The lowest BCUT2D eigenvalue weighted by molar-refractivity contribution is -0.668. The summed E-state index contributed by atoms with van der Waals surface area (Å²) in [5, 5.41) is 1.25. The van der Waals surface area contributed by atoms with Gasteiger partial charge in [-0.05, 0) is 35.1 Å². The maximum Gasteiger partial charge on any atom is 0.263 e. The van der Waals surface area contributed by atoms with E-state index in [4.69, 9.17) is 4.98 Å². The van der Waals surface area contributed by atoms with Gasteiger partial charge in [-0.3, -0.25) is 0 Å². The molecule has 0 amide bonds. The number of hydrogen-bond donors (Lipinski definition) is 1. The van der Waals surface area contributed by atoms with Crippen molar-refractivity contribution in [3.05, 3.63) is 119 Å². The Morgan fingerprint density at radius 3 is 2.57 bits per heavy atom. The van der Waals surface area contributed by atoms with Crippen LogP contribution in [-0.2, 0) is 20.1 Å². The molecular formula is C31H29N4S2+. The molecule has 0 fully saturated rings. The lowest BCUT2D eigenvalue weighted by atomic mass is 9.96. The number of rotatable bonds is 7. The molecule has 3 heterocycles. The average Bonchev–Trinajstić information content (AvgIpc) is 3.52. The van der Waals surface area contributed by atoms with Gasteiger partial charge in [-0.25, -0.2) is 4.98 Å². The Morgan fingerprint density at radius 1 is 0.973 bits per heavy atom. The van der Waals surface area contributed by atoms with E-state index in [9.17, 15) is 0 Å². The number of fused-ring (bicyclic) bond motifs is 2. The Bertz CT molecular complexity index is 1610. The molecule has 6 rings (SSSR count). The second-order valence-electron chi connectivity index (χ2n) is 9.22. The van der Waals surface area contributed by atoms with E-state index in [0.717, 1.165) is 36.8 Å². The third kappa shape index (κ3) is 4.63. The Labute approximate surface area is 227 Å². The molecule has 5 aromatic rings. The lowest BCUT2D eigenvalue weighted by Gasteiger charge is -2.33. The molecule has 0 saturated carbocycles. The number of aromatic nitrogens is 3. The second kappa shape index (κ2) is 10.4. The monoisotopic (exact) mass is 521 g/mol. The molecule has 6 heteroatoms. The number of para-hydroxylation sites is 2. The van der Waals surface area contributed by atoms with Crippen LogP contribution in [0.3, 0.4) is 0 Å². The highest BCUT2D eigenvalue weighted by molar-refractivity contribution is 7.80. The number of aryl methyl sites for hydroxylation is 2. The van der Waals surface area contributed by atoms with E-state index in [1.54, 1.807) is 0 Å². The van der Waals surface area contributed by atoms with Crippen LogP contribution in [0.25, 0.3) is 27.6 Å². The molecule has 1 aliphatic rings. The Kier molecular flexibility index (Phi) is 6.68. The first kappa shape index (κ1) is 23.8. The molecule has 0 N–H and O–H groups in total. The summed E-state index contributed by atoms with van der Waals surface area (Å²) in [5.41, 5.74) is 7.27. The van der Waals surface area contributed by atoms with Crippen molar-refractivity contribution in [3.63, 3.8) is 0 Å². The molecule has 184 valence electrons. The Balaban J connectivity index is 1.54. The fraction of sp³-hybridized carbons (Fsp3) is 0.161. The van der Waals surface area contributed by atoms with Gasteiger partial charge in [0.1, 0.15) is 4.70 Å². The standard InChI is InChI=1S/C31H28N4S2/c1-33-18-16-32-31(33)28-20-24(21-30-34(17-9-19-36)27-14-7-8-15-29(27)37-30)25-12-5-6-13-26(25)35(28)22-23-10-3-2-4-11-23/h2-8,10-16,18,20-21H,9,17,19,22H2,1H3/p+1. The molecule has 37 heavy (non-hydrogen) atoms. The summed E-state index contributed by atoms with van der Waals surface area (Å²) in [6, 6.07) is 28.0. The predicted octanol–water partition coefficient (Wildman–Crippen LogP) is 6.84. The van der Waals surface area contributed by atoms with Crippen LogP contribution >= 0.6 is 24.0 Å². The zero-order valence-corrected chi connectivity index (χ0v) is 22.5. The molecule has 0 spiro atoms. The number of benzene rings is 3. The van der Waals surface area contributed by atoms with Crippen molar-refractivity contribution in [1.82, 2.24) is 9.55 Å². The van der Waals surface area contributed by atoms with Gasteiger partial charge in [0.05, 0.1) is 5.70 Å². The van der Waals surface area contributed by atoms with Crippen molar-refractivity contribution < 1.29 is 4.57 Å². The summed E-state index contributed by atoms with van der Waals surface area (Å²) >= 11 is 6.33. The zero-order chi connectivity index (χ0) is 25.2. The first-order chi connectivity index (χ1) is 18.2. The normalized spacial score (nSPS) is 14.3. The number of imidazole rings is 1. The molecule has 0 atom stereocenters. The molecule has 0 bridgehead atoms. The molecule has 0 radical (unpaired) electrons. The fourth-order valence-electron chi connectivity index (χ4n) is 4.99. The molecule has 1 aliphatic heterocycles. The van der Waals surface area contributed by atoms with Crippen LogP contribution in [0.4, 0.5) is 5.69 Å². The third-order valence-electron chi connectivity index (χ3n) is 6.78. The highest BCUT2D eigenvalue weighted by Crippen LogP contribution is 2.41. The Morgan fingerprint density at radius 2 is 1.76 bits per heavy atom. The number of nitrogens with zero attached hydrogens (tertiary/aromatic N) is 4. The van der Waals surface area contributed by atoms with E-state index in [2.05, 4.69) is 125 Å². The predicted molar refractivity (Wildman–Crippen MR) is 159 cm³/mol. The number of allylic oxidation sites excluding steroid dienone is 2. The number of thiazole rings is 1. The van der Waals surface area contributed by atoms with Crippen molar-refractivity contribution in [2.45, 2.75) is 19.5 Å². The second-order valence-corrected chi connectivity index (χ2v) is 10.7. The minimum Gasteiger partial charge on any atom is -0.333 e. The molecular weight excluding hydrogens is 493 g/mol. The van der Waals surface area contributed by atoms with Crippen molar-refractivity contribution in [2.24, 2.45) is 7.05 Å². The minimum absolute atomic E-state index is 0.772. The highest BCUT2D eigenvalue weighted by Gasteiger charge is 2.27. The Hall–Kier alpha value is -3.61. The molecule has 2 aromatic heterocycles. The van der Waals surface area contributed by atoms with Crippen LogP contribution in [0.5, 0.6) is 0 Å². The van der Waals surface area contributed by atoms with Crippen LogP contribution < -0.4 is 9.47 Å². The number of anilines is 1. The maximum atomic E-state index is 4.75. The molecule has 3 aromatic carbocycles. The summed E-state index contributed by atoms with van der Waals surface area (Å²) in [4.78, 5) is 7.15. The molecule has 0 saturated heterocycles. The van der Waals surface area contributed by atoms with Crippen molar-refractivity contribution >= 4 is 57.2 Å². The minimum atomic E-state index is 0.772. The summed E-state index contributed by atoms with van der Waals surface area (Å²) < 4.78 is 5.84. The molecule has 0 unspecified atom stereocenters. The summed E-state index contributed by atoms with van der Waals surface area (Å²) in [7, 11) is 2.06. The first-order valence-electron chi connectivity index (χ1n) is 12.6. The van der Waals surface area contributed by atoms with E-state index < -0.39 is 0 Å². The van der Waals surface area contributed by atoms with E-state index in [1.807, 2.05) is 23.7 Å². The lowest BCUT2D eigenvalue weighted by Crippen LogP contribution is -2.35. The van der Waals surface area contributed by atoms with Gasteiger partial charge in [0.2, 0.25) is 5.52 Å². The maximum absolute atomic E-state index is 4.75. The fourth-order valence-corrected chi connectivity index (χ4v) is 6.27. The van der Waals surface area contributed by atoms with Gasteiger partial charge in [0, 0.05) is 55.8 Å². The van der Waals surface area contributed by atoms with Gasteiger partial charge < -0.3 is 9.47 Å². The third-order valence-corrected chi connectivity index (χ3v) is 8.21. The van der Waals surface area contributed by atoms with Gasteiger partial charge in [-0.2, -0.15) is 17.2 Å². The van der Waals surface area contributed by atoms with E-state index in [-0.39, 0.29) is 0 Å². The first-order valence-corrected chi connectivity index (χ1v) is 14.0. The van der Waals surface area contributed by atoms with Gasteiger partial charge in [0.25, 0.3) is 5.01 Å². The highest BCUT2D eigenvalue weighted by atomic mass is 32.1. The van der Waals surface area contributed by atoms with Crippen LogP contribution in [0.2, 0.25) is 0 Å². The van der Waals surface area contributed by atoms with Gasteiger partial charge in [0.15, 0.2) is 12.4 Å². The molecule has 4 nitrogen and oxygen atoms in total. The summed E-state index contributed by atoms with van der Waals surface area (Å²) in [6.07, 6.45) is 9.57. The summed E-state index contributed by atoms with van der Waals surface area (Å²) in [5.74, 6) is 1.82. The van der Waals surface area contributed by atoms with Crippen LogP contribution in [0.1, 0.15) is 28.4 Å². The SMILES string of the molecule is Cn1ccnc1C1=C/C(=C\c2sc3ccccc3[n+]2CCCS)c2ccccc2N1Cc1ccccc1. The molecule has 0 aliphatic carbocycles. The topological polar surface area (TPSA) is 24.9 Å². The quantitative estimate of drug-likeness (QED) is 0.187. The van der Waals surface area contributed by atoms with Gasteiger partial charge in [-0.1, -0.05) is 72.0 Å². The van der Waals surface area contributed by atoms with Crippen molar-refractivity contribution in [2.75, 3.05) is 10.7 Å². The number of hydrogen-bond acceptors (Lipinski definition) is 4. The summed E-state index contributed by atoms with van der Waals surface area (Å²) in [6.45, 7) is 1.72. The van der Waals surface area contributed by atoms with Crippen LogP contribution in [0, 0.1) is 0 Å². The van der Waals surface area contributed by atoms with Crippen LogP contribution in [-0.4, -0.2) is 15.3 Å². The van der Waals surface area contributed by atoms with Gasteiger partial charge >= 0.3 is 0 Å². The average molecular weight is 522 g/mol. The zero-order valence-electron chi connectivity index (χ0n) is 20.8. The van der Waals surface area contributed by atoms with Crippen molar-refractivity contribution in [3.8, 4) is 0 Å². The van der Waals surface area contributed by atoms with E-state index in [0.29, 0.717) is 0 Å². The van der Waals surface area contributed by atoms with Crippen LogP contribution in [0.15, 0.2) is 97.3 Å². The largest absolute Gasteiger partial charge is 0.333 e. The smallest absolute Gasteiger partial charge is 0.263 e. The van der Waals surface area contributed by atoms with Gasteiger partial charge in [-0.15, -0.1) is 0 Å². The van der Waals surface area contributed by atoms with Crippen molar-refractivity contribution in [1.29, 1.82) is 0 Å².